The van der Waals surface area contributed by atoms with Crippen molar-refractivity contribution in [2.45, 2.75) is 38.0 Å². The lowest BCUT2D eigenvalue weighted by atomic mass is 9.82. The second kappa shape index (κ2) is 8.38. The molecule has 1 aliphatic rings. The summed E-state index contributed by atoms with van der Waals surface area (Å²) in [6, 6.07) is 8.96. The monoisotopic (exact) mass is 322 g/mol. The smallest absolute Gasteiger partial charge is 0.407 e. The number of carbonyl (C=O) groups excluding carboxylic acids is 1. The number of carbonyl (C=O) groups is 2. The summed E-state index contributed by atoms with van der Waals surface area (Å²) < 4.78 is 5.17. The van der Waals surface area contributed by atoms with E-state index in [1.165, 1.54) is 0 Å². The minimum Gasteiger partial charge on any atom is -0.465 e. The molecule has 1 saturated carbocycles. The number of nitrogens with one attached hydrogen (secondary N) is 2. The molecule has 7 nitrogen and oxygen atoms in total. The van der Waals surface area contributed by atoms with Crippen LogP contribution in [0.4, 0.5) is 9.59 Å². The molecule has 0 radical (unpaired) electrons. The van der Waals surface area contributed by atoms with E-state index in [9.17, 15) is 14.7 Å². The molecule has 7 heteroatoms. The predicted molar refractivity (Wildman–Crippen MR) is 82.9 cm³/mol. The molecule has 0 saturated heterocycles. The Morgan fingerprint density at radius 1 is 1.17 bits per heavy atom. The second-order valence-corrected chi connectivity index (χ2v) is 5.71. The lowest BCUT2D eigenvalue weighted by Gasteiger charge is -2.35. The molecule has 126 valence electrons. The number of rotatable bonds is 5. The first-order valence-electron chi connectivity index (χ1n) is 7.66. The molecule has 3 unspecified atom stereocenters. The van der Waals surface area contributed by atoms with Gasteiger partial charge in [0.2, 0.25) is 0 Å². The number of aliphatic hydroxyl groups is 1. The van der Waals surface area contributed by atoms with E-state index < -0.39 is 12.2 Å². The molecule has 23 heavy (non-hydrogen) atoms. The number of hydrogen-bond acceptors (Lipinski definition) is 4. The van der Waals surface area contributed by atoms with Gasteiger partial charge in [-0.05, 0) is 24.8 Å². The summed E-state index contributed by atoms with van der Waals surface area (Å²) in [7, 11) is 0. The summed E-state index contributed by atoms with van der Waals surface area (Å²) in [5.41, 5.74) is 0.899. The van der Waals surface area contributed by atoms with Crippen LogP contribution in [0.1, 0.15) is 24.8 Å². The van der Waals surface area contributed by atoms with Gasteiger partial charge in [0.1, 0.15) is 6.61 Å². The number of ether oxygens (including phenoxy) is 1. The lowest BCUT2D eigenvalue weighted by molar-refractivity contribution is 0.104. The van der Waals surface area contributed by atoms with Crippen LogP contribution in [0.25, 0.3) is 0 Å². The average molecular weight is 322 g/mol. The predicted octanol–water partition coefficient (Wildman–Crippen LogP) is 1.71. The maximum absolute atomic E-state index is 11.9. The van der Waals surface area contributed by atoms with Crippen LogP contribution in [0.15, 0.2) is 30.3 Å². The molecular formula is C16H22N2O5. The van der Waals surface area contributed by atoms with Crippen LogP contribution in [0.2, 0.25) is 0 Å². The van der Waals surface area contributed by atoms with Gasteiger partial charge in [-0.25, -0.2) is 9.59 Å². The van der Waals surface area contributed by atoms with Crippen molar-refractivity contribution in [1.29, 1.82) is 0 Å². The van der Waals surface area contributed by atoms with E-state index >= 15 is 0 Å². The molecule has 1 aliphatic carbocycles. The Bertz CT molecular complexity index is 522. The number of aliphatic hydroxyl groups excluding tert-OH is 1. The fraction of sp³-hybridized carbons (Fsp3) is 0.500. The normalized spacial score (nSPS) is 23.8. The minimum atomic E-state index is -1.07. The molecule has 2 rings (SSSR count). The zero-order chi connectivity index (χ0) is 16.7. The average Bonchev–Trinajstić information content (AvgIpc) is 2.55. The standard InChI is InChI=1S/C16H22N2O5/c19-9-12-8-13(17-15(20)21)6-7-14(12)18-16(22)23-10-11-4-2-1-3-5-11/h1-5,12-14,17,19H,6-10H2,(H,18,22)(H,20,21). The number of carboxylic acid groups (broad SMARTS) is 1. The molecule has 0 spiro atoms. The van der Waals surface area contributed by atoms with Gasteiger partial charge in [0, 0.05) is 24.6 Å². The number of amides is 2. The van der Waals surface area contributed by atoms with E-state index in [1.807, 2.05) is 30.3 Å². The summed E-state index contributed by atoms with van der Waals surface area (Å²) >= 11 is 0. The van der Waals surface area contributed by atoms with Crippen LogP contribution in [0.5, 0.6) is 0 Å². The molecule has 0 aliphatic heterocycles. The van der Waals surface area contributed by atoms with Gasteiger partial charge < -0.3 is 25.6 Å². The van der Waals surface area contributed by atoms with Crippen molar-refractivity contribution < 1.29 is 24.5 Å². The maximum Gasteiger partial charge on any atom is 0.407 e. The first-order chi connectivity index (χ1) is 11.1. The SMILES string of the molecule is O=C(O)NC1CCC(NC(=O)OCc2ccccc2)C(CO)C1. The van der Waals surface area contributed by atoms with Gasteiger partial charge >= 0.3 is 12.2 Å². The van der Waals surface area contributed by atoms with Gasteiger partial charge in [-0.2, -0.15) is 0 Å². The molecule has 1 aromatic rings. The van der Waals surface area contributed by atoms with Crippen molar-refractivity contribution >= 4 is 12.2 Å². The quantitative estimate of drug-likeness (QED) is 0.660. The highest BCUT2D eigenvalue weighted by atomic mass is 16.5. The summed E-state index contributed by atoms with van der Waals surface area (Å²) in [6.45, 7) is 0.0772. The van der Waals surface area contributed by atoms with Crippen LogP contribution in [0, 0.1) is 5.92 Å². The summed E-state index contributed by atoms with van der Waals surface area (Å²) in [6.07, 6.45) is 0.109. The number of benzene rings is 1. The van der Waals surface area contributed by atoms with Crippen LogP contribution < -0.4 is 10.6 Å². The van der Waals surface area contributed by atoms with E-state index in [4.69, 9.17) is 9.84 Å². The first-order valence-corrected chi connectivity index (χ1v) is 7.66. The molecule has 0 aromatic heterocycles. The molecule has 2 amide bonds. The van der Waals surface area contributed by atoms with E-state index in [0.29, 0.717) is 19.3 Å². The fourth-order valence-electron chi connectivity index (χ4n) is 2.88. The van der Waals surface area contributed by atoms with Gasteiger partial charge in [0.05, 0.1) is 0 Å². The summed E-state index contributed by atoms with van der Waals surface area (Å²) in [4.78, 5) is 22.6. The Kier molecular flexibility index (Phi) is 6.22. The highest BCUT2D eigenvalue weighted by Crippen LogP contribution is 2.24. The van der Waals surface area contributed by atoms with E-state index in [-0.39, 0.29) is 31.2 Å². The second-order valence-electron chi connectivity index (χ2n) is 5.71. The van der Waals surface area contributed by atoms with E-state index in [0.717, 1.165) is 5.56 Å². The van der Waals surface area contributed by atoms with Crippen molar-refractivity contribution in [3.8, 4) is 0 Å². The van der Waals surface area contributed by atoms with Crippen molar-refractivity contribution in [3.63, 3.8) is 0 Å². The third-order valence-corrected chi connectivity index (χ3v) is 4.06. The Morgan fingerprint density at radius 2 is 1.91 bits per heavy atom. The van der Waals surface area contributed by atoms with Crippen molar-refractivity contribution in [3.05, 3.63) is 35.9 Å². The van der Waals surface area contributed by atoms with Gasteiger partial charge in [-0.1, -0.05) is 30.3 Å². The maximum atomic E-state index is 11.9. The minimum absolute atomic E-state index is 0.110. The van der Waals surface area contributed by atoms with Crippen molar-refractivity contribution in [2.75, 3.05) is 6.61 Å². The Morgan fingerprint density at radius 3 is 2.57 bits per heavy atom. The molecule has 3 atom stereocenters. The Balaban J connectivity index is 1.79. The van der Waals surface area contributed by atoms with Crippen molar-refractivity contribution in [1.82, 2.24) is 10.6 Å². The highest BCUT2D eigenvalue weighted by Gasteiger charge is 2.32. The van der Waals surface area contributed by atoms with Gasteiger partial charge in [-0.3, -0.25) is 0 Å². The highest BCUT2D eigenvalue weighted by molar-refractivity contribution is 5.67. The largest absolute Gasteiger partial charge is 0.465 e. The summed E-state index contributed by atoms with van der Waals surface area (Å²) in [5.74, 6) is -0.190. The van der Waals surface area contributed by atoms with Crippen LogP contribution in [-0.4, -0.2) is 41.1 Å². The van der Waals surface area contributed by atoms with E-state index in [2.05, 4.69) is 10.6 Å². The van der Waals surface area contributed by atoms with Crippen LogP contribution >= 0.6 is 0 Å². The van der Waals surface area contributed by atoms with Crippen LogP contribution in [0.3, 0.4) is 0 Å². The van der Waals surface area contributed by atoms with Crippen LogP contribution in [-0.2, 0) is 11.3 Å². The summed E-state index contributed by atoms with van der Waals surface area (Å²) in [5, 5.41) is 23.4. The molecular weight excluding hydrogens is 300 g/mol. The topological polar surface area (TPSA) is 108 Å². The van der Waals surface area contributed by atoms with Crippen molar-refractivity contribution in [2.24, 2.45) is 5.92 Å². The van der Waals surface area contributed by atoms with Gasteiger partial charge in [-0.15, -0.1) is 0 Å². The third-order valence-electron chi connectivity index (χ3n) is 4.06. The van der Waals surface area contributed by atoms with Gasteiger partial charge in [0.15, 0.2) is 0 Å². The first kappa shape index (κ1) is 17.1. The Hall–Kier alpha value is -2.28. The zero-order valence-corrected chi connectivity index (χ0v) is 12.8. The lowest BCUT2D eigenvalue weighted by Crippen LogP contribution is -2.49. The third kappa shape index (κ3) is 5.45. The Labute approximate surface area is 134 Å². The molecule has 0 bridgehead atoms. The van der Waals surface area contributed by atoms with E-state index in [1.54, 1.807) is 0 Å². The molecule has 1 fully saturated rings. The molecule has 1 aromatic carbocycles. The zero-order valence-electron chi connectivity index (χ0n) is 12.8. The molecule has 4 N–H and O–H groups in total. The fourth-order valence-corrected chi connectivity index (χ4v) is 2.88. The molecule has 0 heterocycles. The number of hydrogen-bond donors (Lipinski definition) is 4. The number of alkyl carbamates (subject to hydrolysis) is 1. The van der Waals surface area contributed by atoms with Gasteiger partial charge in [0.25, 0.3) is 0 Å².